The molecule has 9 aromatic carbocycles. The molecule has 0 saturated carbocycles. The van der Waals surface area contributed by atoms with Gasteiger partial charge in [-0.3, -0.25) is 0 Å². The number of fused-ring (bicyclic) bond motifs is 5. The zero-order valence-electron chi connectivity index (χ0n) is 32.5. The van der Waals surface area contributed by atoms with Crippen LogP contribution >= 0.6 is 0 Å². The molecule has 0 aliphatic carbocycles. The van der Waals surface area contributed by atoms with Crippen molar-refractivity contribution in [1.29, 1.82) is 0 Å². The van der Waals surface area contributed by atoms with Gasteiger partial charge in [0.15, 0.2) is 23.1 Å². The molecule has 11 rings (SSSR count). The molecular formula is C55H36N4O. The molecule has 0 aliphatic heterocycles. The van der Waals surface area contributed by atoms with Gasteiger partial charge in [-0.05, 0) is 81.6 Å². The lowest BCUT2D eigenvalue weighted by Crippen LogP contribution is -2.10. The first-order valence-electron chi connectivity index (χ1n) is 20.1. The van der Waals surface area contributed by atoms with E-state index in [0.717, 1.165) is 77.6 Å². The van der Waals surface area contributed by atoms with Crippen molar-refractivity contribution in [1.82, 2.24) is 15.0 Å². The predicted molar refractivity (Wildman–Crippen MR) is 246 cm³/mol. The fraction of sp³-hybridized carbons (Fsp3) is 0. The number of furan rings is 1. The maximum Gasteiger partial charge on any atom is 0.164 e. The molecule has 5 heteroatoms. The Hall–Kier alpha value is -8.15. The van der Waals surface area contributed by atoms with E-state index in [1.165, 1.54) is 11.1 Å². The average Bonchev–Trinajstić information content (AvgIpc) is 3.73. The molecule has 0 N–H and O–H groups in total. The molecular weight excluding hydrogens is 733 g/mol. The normalized spacial score (nSPS) is 11.3. The minimum Gasteiger partial charge on any atom is -0.454 e. The van der Waals surface area contributed by atoms with Gasteiger partial charge < -0.3 is 9.32 Å². The number of nitrogens with zero attached hydrogens (tertiary/aromatic N) is 4. The zero-order chi connectivity index (χ0) is 39.8. The smallest absolute Gasteiger partial charge is 0.164 e. The molecule has 0 amide bonds. The van der Waals surface area contributed by atoms with Crippen molar-refractivity contribution in [2.24, 2.45) is 0 Å². The largest absolute Gasteiger partial charge is 0.454 e. The van der Waals surface area contributed by atoms with Gasteiger partial charge in [0.2, 0.25) is 0 Å². The highest BCUT2D eigenvalue weighted by molar-refractivity contribution is 6.23. The van der Waals surface area contributed by atoms with Gasteiger partial charge in [-0.1, -0.05) is 170 Å². The van der Waals surface area contributed by atoms with E-state index in [2.05, 4.69) is 138 Å². The van der Waals surface area contributed by atoms with Crippen molar-refractivity contribution in [2.75, 3.05) is 4.90 Å². The second-order valence-corrected chi connectivity index (χ2v) is 14.8. The number of hydrogen-bond acceptors (Lipinski definition) is 5. The van der Waals surface area contributed by atoms with Crippen LogP contribution in [0.15, 0.2) is 223 Å². The van der Waals surface area contributed by atoms with E-state index in [0.29, 0.717) is 17.5 Å². The van der Waals surface area contributed by atoms with E-state index in [9.17, 15) is 0 Å². The van der Waals surface area contributed by atoms with Crippen LogP contribution in [0.1, 0.15) is 0 Å². The van der Waals surface area contributed by atoms with E-state index in [-0.39, 0.29) is 0 Å². The summed E-state index contributed by atoms with van der Waals surface area (Å²) in [6, 6.07) is 75.8. The Kier molecular flexibility index (Phi) is 8.75. The zero-order valence-corrected chi connectivity index (χ0v) is 32.5. The average molecular weight is 769 g/mol. The van der Waals surface area contributed by atoms with Gasteiger partial charge in [-0.25, -0.2) is 15.0 Å². The van der Waals surface area contributed by atoms with Crippen molar-refractivity contribution in [3.05, 3.63) is 218 Å². The van der Waals surface area contributed by atoms with E-state index in [1.54, 1.807) is 0 Å². The first kappa shape index (κ1) is 35.0. The summed E-state index contributed by atoms with van der Waals surface area (Å²) in [5.74, 6) is 1.84. The van der Waals surface area contributed by atoms with Crippen LogP contribution < -0.4 is 4.90 Å². The first-order chi connectivity index (χ1) is 29.7. The van der Waals surface area contributed by atoms with Gasteiger partial charge in [-0.15, -0.1) is 0 Å². The molecule has 0 atom stereocenters. The third-order valence-electron chi connectivity index (χ3n) is 11.1. The van der Waals surface area contributed by atoms with Crippen molar-refractivity contribution in [3.63, 3.8) is 0 Å². The SMILES string of the molecule is c1ccc(-c2ccc(N(c3ccc(-c4ccccc4)cc3)c3cc4ccccc4c4c3oc3ccc(-c5nc(-c6ccccc6)nc(-c6ccccc6)n5)cc34)cc2)cc1. The van der Waals surface area contributed by atoms with Gasteiger partial charge in [0.05, 0.1) is 5.69 Å². The summed E-state index contributed by atoms with van der Waals surface area (Å²) in [6.45, 7) is 0. The Morgan fingerprint density at radius 2 is 0.750 bits per heavy atom. The molecule has 282 valence electrons. The molecule has 5 nitrogen and oxygen atoms in total. The standard InChI is InChI=1S/C55H36N4O/c1-5-15-37(16-6-1)39-25-30-45(31-26-39)59(46-32-27-40(28-33-46)38-17-7-2-8-18-38)49-36-43-23-13-14-24-47(43)51-48-35-44(29-34-50(48)60-52(49)51)55-57-53(41-19-9-3-10-20-41)56-54(58-55)42-21-11-4-12-22-42/h1-36H. The van der Waals surface area contributed by atoms with Crippen LogP contribution in [0.5, 0.6) is 0 Å². The van der Waals surface area contributed by atoms with Gasteiger partial charge in [0.1, 0.15) is 5.58 Å². The molecule has 0 unspecified atom stereocenters. The van der Waals surface area contributed by atoms with Crippen molar-refractivity contribution < 1.29 is 4.42 Å². The van der Waals surface area contributed by atoms with Crippen LogP contribution in [0.3, 0.4) is 0 Å². The molecule has 2 heterocycles. The van der Waals surface area contributed by atoms with Gasteiger partial charge in [0.25, 0.3) is 0 Å². The summed E-state index contributed by atoms with van der Waals surface area (Å²) >= 11 is 0. The second-order valence-electron chi connectivity index (χ2n) is 14.8. The first-order valence-corrected chi connectivity index (χ1v) is 20.1. The number of hydrogen-bond donors (Lipinski definition) is 0. The Morgan fingerprint density at radius 1 is 0.333 bits per heavy atom. The summed E-state index contributed by atoms with van der Waals surface area (Å²) in [5.41, 5.74) is 12.0. The molecule has 0 spiro atoms. The second kappa shape index (κ2) is 15.0. The molecule has 60 heavy (non-hydrogen) atoms. The van der Waals surface area contributed by atoms with E-state index >= 15 is 0 Å². The highest BCUT2D eigenvalue weighted by Crippen LogP contribution is 2.46. The van der Waals surface area contributed by atoms with E-state index < -0.39 is 0 Å². The topological polar surface area (TPSA) is 55.1 Å². The Bertz CT molecular complexity index is 3140. The lowest BCUT2D eigenvalue weighted by atomic mass is 9.99. The quantitative estimate of drug-likeness (QED) is 0.154. The highest BCUT2D eigenvalue weighted by Gasteiger charge is 2.23. The minimum absolute atomic E-state index is 0.595. The minimum atomic E-state index is 0.595. The maximum absolute atomic E-state index is 6.98. The fourth-order valence-corrected chi connectivity index (χ4v) is 8.15. The Labute approximate surface area is 347 Å². The number of anilines is 3. The van der Waals surface area contributed by atoms with Crippen LogP contribution in [0.2, 0.25) is 0 Å². The van der Waals surface area contributed by atoms with Crippen LogP contribution in [-0.4, -0.2) is 15.0 Å². The molecule has 2 aromatic heterocycles. The molecule has 0 bridgehead atoms. The summed E-state index contributed by atoms with van der Waals surface area (Å²) in [5, 5.41) is 4.24. The number of benzene rings is 9. The number of rotatable bonds is 8. The van der Waals surface area contributed by atoms with Crippen LogP contribution in [0.4, 0.5) is 17.1 Å². The van der Waals surface area contributed by atoms with E-state index in [4.69, 9.17) is 19.4 Å². The lowest BCUT2D eigenvalue weighted by Gasteiger charge is -2.26. The third kappa shape index (κ3) is 6.45. The monoisotopic (exact) mass is 768 g/mol. The summed E-state index contributed by atoms with van der Waals surface area (Å²) in [6.07, 6.45) is 0. The van der Waals surface area contributed by atoms with Crippen molar-refractivity contribution in [3.8, 4) is 56.4 Å². The van der Waals surface area contributed by atoms with Gasteiger partial charge in [0, 0.05) is 38.8 Å². The summed E-state index contributed by atoms with van der Waals surface area (Å²) in [4.78, 5) is 17.4. The molecule has 11 aromatic rings. The Morgan fingerprint density at radius 3 is 1.27 bits per heavy atom. The van der Waals surface area contributed by atoms with Crippen LogP contribution in [-0.2, 0) is 0 Å². The van der Waals surface area contributed by atoms with Crippen molar-refractivity contribution >= 4 is 49.8 Å². The van der Waals surface area contributed by atoms with Crippen LogP contribution in [0.25, 0.3) is 89.1 Å². The summed E-state index contributed by atoms with van der Waals surface area (Å²) in [7, 11) is 0. The van der Waals surface area contributed by atoms with Crippen molar-refractivity contribution in [2.45, 2.75) is 0 Å². The third-order valence-corrected chi connectivity index (χ3v) is 11.1. The predicted octanol–water partition coefficient (Wildman–Crippen LogP) is 14.7. The van der Waals surface area contributed by atoms with Gasteiger partial charge >= 0.3 is 0 Å². The lowest BCUT2D eigenvalue weighted by molar-refractivity contribution is 0.669. The van der Waals surface area contributed by atoms with Crippen LogP contribution in [0, 0.1) is 0 Å². The molecule has 0 aliphatic rings. The number of aromatic nitrogens is 3. The molecule has 0 saturated heterocycles. The maximum atomic E-state index is 6.98. The molecule has 0 radical (unpaired) electrons. The summed E-state index contributed by atoms with van der Waals surface area (Å²) < 4.78 is 6.98. The highest BCUT2D eigenvalue weighted by atomic mass is 16.3. The van der Waals surface area contributed by atoms with Gasteiger partial charge in [-0.2, -0.15) is 0 Å². The Balaban J connectivity index is 1.11. The molecule has 0 fully saturated rings. The van der Waals surface area contributed by atoms with E-state index in [1.807, 2.05) is 84.9 Å². The fourth-order valence-electron chi connectivity index (χ4n) is 8.15.